The fourth-order valence-corrected chi connectivity index (χ4v) is 1.75. The number of hydrogen-bond donors (Lipinski definition) is 2. The molecule has 86 valence electrons. The smallest absolute Gasteiger partial charge is 0.0613 e. The van der Waals surface area contributed by atoms with Gasteiger partial charge in [-0.1, -0.05) is 20.8 Å². The fraction of sp³-hybridized carbons (Fsp3) is 1.00. The molecule has 0 radical (unpaired) electrons. The third-order valence-electron chi connectivity index (χ3n) is 2.58. The first kappa shape index (κ1) is 13.9. The number of aliphatic hydroxyl groups is 1. The molecule has 0 amide bonds. The zero-order valence-corrected chi connectivity index (χ0v) is 9.97. The number of methoxy groups -OCH3 is 1. The molecule has 0 saturated carbocycles. The van der Waals surface area contributed by atoms with Crippen molar-refractivity contribution in [3.8, 4) is 0 Å². The maximum atomic E-state index is 9.42. The normalized spacial score (nSPS) is 15.9. The van der Waals surface area contributed by atoms with Crippen molar-refractivity contribution in [2.45, 2.75) is 51.6 Å². The molecule has 3 nitrogen and oxygen atoms in total. The van der Waals surface area contributed by atoms with Crippen molar-refractivity contribution in [2.24, 2.45) is 0 Å². The molecule has 0 aliphatic carbocycles. The quantitative estimate of drug-likeness (QED) is 0.588. The molecule has 0 rings (SSSR count). The zero-order chi connectivity index (χ0) is 11.0. The molecule has 14 heavy (non-hydrogen) atoms. The summed E-state index contributed by atoms with van der Waals surface area (Å²) in [6.07, 6.45) is 2.90. The molecule has 0 saturated heterocycles. The number of ether oxygens (including phenoxy) is 1. The minimum absolute atomic E-state index is 0.118. The standard InChI is InChI=1S/C11H25NO2/c1-5-11(9-13,12-10(2)3)7-6-8-14-4/h10,12-13H,5-9H2,1-4H3. The van der Waals surface area contributed by atoms with E-state index in [1.54, 1.807) is 7.11 Å². The lowest BCUT2D eigenvalue weighted by Gasteiger charge is -2.34. The third-order valence-corrected chi connectivity index (χ3v) is 2.58. The Morgan fingerprint density at radius 2 is 2.07 bits per heavy atom. The van der Waals surface area contributed by atoms with Crippen molar-refractivity contribution in [1.82, 2.24) is 5.32 Å². The van der Waals surface area contributed by atoms with Crippen LogP contribution in [-0.2, 0) is 4.74 Å². The second-order valence-corrected chi connectivity index (χ2v) is 4.19. The van der Waals surface area contributed by atoms with E-state index in [1.165, 1.54) is 0 Å². The second kappa shape index (κ2) is 7.21. The van der Waals surface area contributed by atoms with Crippen molar-refractivity contribution in [2.75, 3.05) is 20.3 Å². The van der Waals surface area contributed by atoms with Crippen LogP contribution in [0.5, 0.6) is 0 Å². The van der Waals surface area contributed by atoms with Gasteiger partial charge in [0.15, 0.2) is 0 Å². The van der Waals surface area contributed by atoms with Crippen LogP contribution in [0.2, 0.25) is 0 Å². The Morgan fingerprint density at radius 3 is 2.43 bits per heavy atom. The van der Waals surface area contributed by atoms with Crippen LogP contribution < -0.4 is 5.32 Å². The highest BCUT2D eigenvalue weighted by atomic mass is 16.5. The minimum Gasteiger partial charge on any atom is -0.394 e. The summed E-state index contributed by atoms with van der Waals surface area (Å²) in [6.45, 7) is 7.29. The zero-order valence-electron chi connectivity index (χ0n) is 9.97. The van der Waals surface area contributed by atoms with Gasteiger partial charge < -0.3 is 15.2 Å². The van der Waals surface area contributed by atoms with Gasteiger partial charge in [0.1, 0.15) is 0 Å². The first-order valence-electron chi connectivity index (χ1n) is 5.47. The van der Waals surface area contributed by atoms with Crippen molar-refractivity contribution < 1.29 is 9.84 Å². The van der Waals surface area contributed by atoms with Crippen molar-refractivity contribution >= 4 is 0 Å². The van der Waals surface area contributed by atoms with E-state index in [0.29, 0.717) is 6.04 Å². The molecule has 0 aromatic carbocycles. The number of aliphatic hydroxyl groups excluding tert-OH is 1. The lowest BCUT2D eigenvalue weighted by molar-refractivity contribution is 0.118. The molecular weight excluding hydrogens is 178 g/mol. The summed E-state index contributed by atoms with van der Waals surface area (Å²) >= 11 is 0. The van der Waals surface area contributed by atoms with Crippen molar-refractivity contribution in [3.63, 3.8) is 0 Å². The predicted molar refractivity (Wildman–Crippen MR) is 59.5 cm³/mol. The molecule has 0 aromatic rings. The van der Waals surface area contributed by atoms with E-state index in [-0.39, 0.29) is 12.1 Å². The highest BCUT2D eigenvalue weighted by molar-refractivity contribution is 4.87. The number of hydrogen-bond acceptors (Lipinski definition) is 3. The summed E-state index contributed by atoms with van der Waals surface area (Å²) in [5, 5.41) is 12.9. The minimum atomic E-state index is -0.118. The molecule has 0 bridgehead atoms. The number of rotatable bonds is 8. The summed E-state index contributed by atoms with van der Waals surface area (Å²) in [5.74, 6) is 0. The van der Waals surface area contributed by atoms with Gasteiger partial charge in [-0.15, -0.1) is 0 Å². The monoisotopic (exact) mass is 203 g/mol. The maximum absolute atomic E-state index is 9.42. The summed E-state index contributed by atoms with van der Waals surface area (Å²) in [6, 6.07) is 0.407. The van der Waals surface area contributed by atoms with E-state index in [2.05, 4.69) is 26.1 Å². The molecule has 0 aliphatic rings. The lowest BCUT2D eigenvalue weighted by atomic mass is 9.90. The maximum Gasteiger partial charge on any atom is 0.0613 e. The van der Waals surface area contributed by atoms with Crippen LogP contribution in [0.1, 0.15) is 40.0 Å². The Balaban J connectivity index is 4.07. The van der Waals surface area contributed by atoms with Gasteiger partial charge in [-0.25, -0.2) is 0 Å². The van der Waals surface area contributed by atoms with Crippen LogP contribution in [0.15, 0.2) is 0 Å². The Hall–Kier alpha value is -0.120. The molecule has 0 fully saturated rings. The van der Waals surface area contributed by atoms with E-state index < -0.39 is 0 Å². The van der Waals surface area contributed by atoms with Gasteiger partial charge in [-0.05, 0) is 19.3 Å². The average Bonchev–Trinajstić information content (AvgIpc) is 2.16. The SMILES string of the molecule is CCC(CO)(CCCOC)NC(C)C. The number of nitrogens with one attached hydrogen (secondary N) is 1. The molecule has 3 heteroatoms. The van der Waals surface area contributed by atoms with Gasteiger partial charge in [-0.2, -0.15) is 0 Å². The van der Waals surface area contributed by atoms with Crippen molar-refractivity contribution in [3.05, 3.63) is 0 Å². The van der Waals surface area contributed by atoms with Crippen LogP contribution >= 0.6 is 0 Å². The van der Waals surface area contributed by atoms with Gasteiger partial charge >= 0.3 is 0 Å². The van der Waals surface area contributed by atoms with E-state index in [0.717, 1.165) is 25.9 Å². The highest BCUT2D eigenvalue weighted by Gasteiger charge is 2.26. The molecule has 0 aliphatic heterocycles. The molecular formula is C11H25NO2. The van der Waals surface area contributed by atoms with Crippen LogP contribution in [0, 0.1) is 0 Å². The van der Waals surface area contributed by atoms with Crippen LogP contribution in [0.3, 0.4) is 0 Å². The van der Waals surface area contributed by atoms with Gasteiger partial charge in [0, 0.05) is 25.3 Å². The van der Waals surface area contributed by atoms with Crippen LogP contribution in [0.4, 0.5) is 0 Å². The fourth-order valence-electron chi connectivity index (χ4n) is 1.75. The average molecular weight is 203 g/mol. The van der Waals surface area contributed by atoms with Gasteiger partial charge in [0.2, 0.25) is 0 Å². The first-order valence-corrected chi connectivity index (χ1v) is 5.47. The topological polar surface area (TPSA) is 41.5 Å². The highest BCUT2D eigenvalue weighted by Crippen LogP contribution is 2.17. The molecule has 1 unspecified atom stereocenters. The molecule has 0 heterocycles. The largest absolute Gasteiger partial charge is 0.394 e. The lowest BCUT2D eigenvalue weighted by Crippen LogP contribution is -2.51. The Morgan fingerprint density at radius 1 is 1.43 bits per heavy atom. The second-order valence-electron chi connectivity index (χ2n) is 4.19. The molecule has 0 spiro atoms. The van der Waals surface area contributed by atoms with Gasteiger partial charge in [0.05, 0.1) is 6.61 Å². The van der Waals surface area contributed by atoms with E-state index >= 15 is 0 Å². The van der Waals surface area contributed by atoms with Gasteiger partial charge in [0.25, 0.3) is 0 Å². The molecule has 0 aromatic heterocycles. The Kier molecular flexibility index (Phi) is 7.15. The van der Waals surface area contributed by atoms with E-state index in [4.69, 9.17) is 4.74 Å². The molecule has 2 N–H and O–H groups in total. The summed E-state index contributed by atoms with van der Waals surface area (Å²) in [4.78, 5) is 0. The van der Waals surface area contributed by atoms with Crippen molar-refractivity contribution in [1.29, 1.82) is 0 Å². The summed E-state index contributed by atoms with van der Waals surface area (Å²) in [7, 11) is 1.71. The van der Waals surface area contributed by atoms with Crippen LogP contribution in [0.25, 0.3) is 0 Å². The van der Waals surface area contributed by atoms with E-state index in [1.807, 2.05) is 0 Å². The first-order chi connectivity index (χ1) is 6.60. The molecule has 1 atom stereocenters. The third kappa shape index (κ3) is 4.94. The summed E-state index contributed by atoms with van der Waals surface area (Å²) in [5.41, 5.74) is -0.118. The Bertz CT molecular complexity index is 133. The Labute approximate surface area is 87.8 Å². The van der Waals surface area contributed by atoms with Crippen LogP contribution in [-0.4, -0.2) is 37.0 Å². The van der Waals surface area contributed by atoms with E-state index in [9.17, 15) is 5.11 Å². The summed E-state index contributed by atoms with van der Waals surface area (Å²) < 4.78 is 5.02. The predicted octanol–water partition coefficient (Wildman–Crippen LogP) is 1.55. The van der Waals surface area contributed by atoms with Gasteiger partial charge in [-0.3, -0.25) is 0 Å².